The predicted molar refractivity (Wildman–Crippen MR) is 127 cm³/mol. The molecule has 1 aliphatic heterocycles. The minimum absolute atomic E-state index is 0.821. The van der Waals surface area contributed by atoms with E-state index in [0.717, 1.165) is 38.9 Å². The van der Waals surface area contributed by atoms with E-state index in [2.05, 4.69) is 67.0 Å². The van der Waals surface area contributed by atoms with Crippen LogP contribution in [0.1, 0.15) is 53.4 Å². The lowest BCUT2D eigenvalue weighted by Crippen LogP contribution is -2.33. The molecular weight excluding hydrogens is 360 g/mol. The van der Waals surface area contributed by atoms with Crippen LogP contribution in [0.15, 0.2) is 43.8 Å². The smallest absolute Gasteiger partial charge is 0.0784 e. The van der Waals surface area contributed by atoms with Crippen molar-refractivity contribution in [1.82, 2.24) is 0 Å². The Morgan fingerprint density at radius 2 is 0.852 bits per heavy atom. The van der Waals surface area contributed by atoms with E-state index in [-0.39, 0.29) is 0 Å². The molecule has 0 atom stereocenters. The highest BCUT2D eigenvalue weighted by Crippen LogP contribution is 2.46. The molecule has 0 radical (unpaired) electrons. The Morgan fingerprint density at radius 3 is 1.07 bits per heavy atom. The van der Waals surface area contributed by atoms with Crippen molar-refractivity contribution in [3.8, 4) is 0 Å². The third-order valence-corrected chi connectivity index (χ3v) is 10.3. The van der Waals surface area contributed by atoms with Crippen LogP contribution in [0.4, 0.5) is 0 Å². The van der Waals surface area contributed by atoms with E-state index in [1.807, 2.05) is 0 Å². The lowest BCUT2D eigenvalue weighted by Gasteiger charge is -2.35. The number of allylic oxidation sites excluding steroid dienone is 4. The SMILES string of the molecule is CCC1=C(CC)/C(CC)=C(/[Si](C)(C)C)C2=C(COC2)/C([Si](C)(C)C)=C\1CC. The monoisotopic (exact) mass is 402 g/mol. The lowest BCUT2D eigenvalue weighted by atomic mass is 9.84. The molecule has 0 aromatic heterocycles. The summed E-state index contributed by atoms with van der Waals surface area (Å²) in [4.78, 5) is 0. The maximum absolute atomic E-state index is 6.16. The molecule has 27 heavy (non-hydrogen) atoms. The fourth-order valence-corrected chi connectivity index (χ4v) is 10.1. The van der Waals surface area contributed by atoms with Crippen LogP contribution in [-0.4, -0.2) is 29.4 Å². The van der Waals surface area contributed by atoms with Crippen LogP contribution in [0.2, 0.25) is 39.3 Å². The molecule has 0 unspecified atom stereocenters. The molecule has 2 rings (SSSR count). The summed E-state index contributed by atoms with van der Waals surface area (Å²) in [5, 5.41) is 3.43. The number of hydrogen-bond acceptors (Lipinski definition) is 1. The zero-order chi connectivity index (χ0) is 20.6. The fourth-order valence-electron chi connectivity index (χ4n) is 5.35. The van der Waals surface area contributed by atoms with Gasteiger partial charge in [0.05, 0.1) is 29.4 Å². The second kappa shape index (κ2) is 8.38. The van der Waals surface area contributed by atoms with Crippen molar-refractivity contribution >= 4 is 16.1 Å². The maximum atomic E-state index is 6.16. The molecule has 3 heteroatoms. The van der Waals surface area contributed by atoms with Gasteiger partial charge in [0.1, 0.15) is 0 Å². The summed E-state index contributed by atoms with van der Waals surface area (Å²) < 4.78 is 6.16. The van der Waals surface area contributed by atoms with Crippen molar-refractivity contribution in [2.75, 3.05) is 13.2 Å². The van der Waals surface area contributed by atoms with Crippen LogP contribution in [0.25, 0.3) is 0 Å². The first-order valence-corrected chi connectivity index (χ1v) is 18.0. The Kier molecular flexibility index (Phi) is 7.03. The van der Waals surface area contributed by atoms with Gasteiger partial charge in [0.2, 0.25) is 0 Å². The Labute approximate surface area is 170 Å². The van der Waals surface area contributed by atoms with Gasteiger partial charge in [-0.1, -0.05) is 77.4 Å². The highest BCUT2D eigenvalue weighted by molar-refractivity contribution is 6.85. The minimum atomic E-state index is -1.50. The predicted octanol–water partition coefficient (Wildman–Crippen LogP) is 7.61. The molecule has 0 spiro atoms. The van der Waals surface area contributed by atoms with Gasteiger partial charge in [0.25, 0.3) is 0 Å². The highest BCUT2D eigenvalue weighted by Gasteiger charge is 2.38. The van der Waals surface area contributed by atoms with Crippen LogP contribution in [0, 0.1) is 0 Å². The van der Waals surface area contributed by atoms with Gasteiger partial charge in [-0.3, -0.25) is 0 Å². The molecule has 0 aromatic rings. The highest BCUT2D eigenvalue weighted by atomic mass is 28.3. The fraction of sp³-hybridized carbons (Fsp3) is 0.667. The molecule has 1 aliphatic carbocycles. The second-order valence-electron chi connectivity index (χ2n) is 10.0. The van der Waals surface area contributed by atoms with Crippen molar-refractivity contribution in [3.63, 3.8) is 0 Å². The van der Waals surface area contributed by atoms with E-state index in [1.54, 1.807) is 43.8 Å². The molecule has 1 nitrogen and oxygen atoms in total. The van der Waals surface area contributed by atoms with Crippen LogP contribution in [0.3, 0.4) is 0 Å². The van der Waals surface area contributed by atoms with Crippen molar-refractivity contribution in [1.29, 1.82) is 0 Å². The first-order valence-electron chi connectivity index (χ1n) is 11.0. The van der Waals surface area contributed by atoms with Gasteiger partial charge in [-0.2, -0.15) is 0 Å². The average Bonchev–Trinajstić information content (AvgIpc) is 2.99. The van der Waals surface area contributed by atoms with E-state index >= 15 is 0 Å². The summed E-state index contributed by atoms with van der Waals surface area (Å²) in [5.41, 5.74) is 9.79. The Bertz CT molecular complexity index is 658. The number of hydrogen-bond donors (Lipinski definition) is 0. The van der Waals surface area contributed by atoms with Crippen molar-refractivity contribution < 1.29 is 4.74 Å². The van der Waals surface area contributed by atoms with Crippen molar-refractivity contribution in [2.45, 2.75) is 92.7 Å². The molecule has 0 fully saturated rings. The quantitative estimate of drug-likeness (QED) is 0.415. The van der Waals surface area contributed by atoms with Crippen LogP contribution in [0.5, 0.6) is 0 Å². The van der Waals surface area contributed by atoms with Crippen LogP contribution >= 0.6 is 0 Å². The third-order valence-electron chi connectivity index (χ3n) is 6.07. The van der Waals surface area contributed by atoms with Gasteiger partial charge in [-0.05, 0) is 59.1 Å². The van der Waals surface area contributed by atoms with E-state index < -0.39 is 16.1 Å². The summed E-state index contributed by atoms with van der Waals surface area (Å²) in [7, 11) is -3.00. The van der Waals surface area contributed by atoms with E-state index in [1.165, 1.54) is 0 Å². The standard InChI is InChI=1S/C24H42OSi2/c1-11-17-18(12-2)20(14-4)24(27(8,9)10)22-16-25-15-21(22)23(19(17)13-3)26(5,6)7/h11-16H2,1-10H3/b18-17-,19-17?,20-18?,23-19+,23-21?,24-20+,24-22?. The van der Waals surface area contributed by atoms with Gasteiger partial charge in [0.15, 0.2) is 0 Å². The molecule has 0 amide bonds. The third kappa shape index (κ3) is 4.20. The summed E-state index contributed by atoms with van der Waals surface area (Å²) in [5.74, 6) is 0. The largest absolute Gasteiger partial charge is 0.372 e. The van der Waals surface area contributed by atoms with Gasteiger partial charge >= 0.3 is 0 Å². The molecule has 0 aromatic carbocycles. The normalized spacial score (nSPS) is 27.8. The molecular formula is C24H42OSi2. The molecule has 0 saturated heterocycles. The van der Waals surface area contributed by atoms with Crippen molar-refractivity contribution in [3.05, 3.63) is 43.8 Å². The molecule has 2 aliphatic rings. The molecule has 0 saturated carbocycles. The van der Waals surface area contributed by atoms with Gasteiger partial charge in [-0.15, -0.1) is 0 Å². The summed E-state index contributed by atoms with van der Waals surface area (Å²) in [6, 6.07) is 0. The summed E-state index contributed by atoms with van der Waals surface area (Å²) in [6.07, 6.45) is 4.57. The minimum Gasteiger partial charge on any atom is -0.372 e. The van der Waals surface area contributed by atoms with Gasteiger partial charge in [-0.25, -0.2) is 0 Å². The number of ether oxygens (including phenoxy) is 1. The average molecular weight is 403 g/mol. The zero-order valence-corrected chi connectivity index (χ0v) is 21.7. The number of rotatable bonds is 6. The first kappa shape index (κ1) is 22.6. The molecule has 0 bridgehead atoms. The van der Waals surface area contributed by atoms with Crippen LogP contribution < -0.4 is 0 Å². The van der Waals surface area contributed by atoms with Gasteiger partial charge in [0, 0.05) is 0 Å². The molecule has 152 valence electrons. The molecule has 1 heterocycles. The second-order valence-corrected chi connectivity index (χ2v) is 20.0. The van der Waals surface area contributed by atoms with E-state index in [4.69, 9.17) is 4.74 Å². The Balaban J connectivity index is 3.09. The van der Waals surface area contributed by atoms with Gasteiger partial charge < -0.3 is 4.74 Å². The van der Waals surface area contributed by atoms with E-state index in [0.29, 0.717) is 0 Å². The summed E-state index contributed by atoms with van der Waals surface area (Å²) in [6.45, 7) is 26.3. The first-order chi connectivity index (χ1) is 12.5. The molecule has 0 N–H and O–H groups in total. The van der Waals surface area contributed by atoms with E-state index in [9.17, 15) is 0 Å². The topological polar surface area (TPSA) is 9.23 Å². The zero-order valence-electron chi connectivity index (χ0n) is 19.7. The Morgan fingerprint density at radius 1 is 0.556 bits per heavy atom. The maximum Gasteiger partial charge on any atom is 0.0784 e. The lowest BCUT2D eigenvalue weighted by molar-refractivity contribution is 0.206. The van der Waals surface area contributed by atoms with Crippen LogP contribution in [-0.2, 0) is 4.74 Å². The van der Waals surface area contributed by atoms with Crippen molar-refractivity contribution in [2.24, 2.45) is 0 Å². The Hall–Kier alpha value is -0.646. The summed E-state index contributed by atoms with van der Waals surface area (Å²) >= 11 is 0.